The topological polar surface area (TPSA) is 25.8 Å². The first-order valence-corrected chi connectivity index (χ1v) is 3.89. The predicted octanol–water partition coefficient (Wildman–Crippen LogP) is 2.15. The Bertz CT molecular complexity index is 197. The molecule has 9 heavy (non-hydrogen) atoms. The van der Waals surface area contributed by atoms with Gasteiger partial charge in [0.15, 0.2) is 0 Å². The first kappa shape index (κ1) is 6.96. The van der Waals surface area contributed by atoms with Gasteiger partial charge in [-0.15, -0.1) is 33.1 Å². The van der Waals surface area contributed by atoms with Gasteiger partial charge < -0.3 is 0 Å². The molecule has 0 aliphatic heterocycles. The Morgan fingerprint density at radius 2 is 2.22 bits per heavy atom. The van der Waals surface area contributed by atoms with Crippen LogP contribution in [0.5, 0.6) is 0 Å². The van der Waals surface area contributed by atoms with Crippen molar-refractivity contribution in [3.05, 3.63) is 10.0 Å². The van der Waals surface area contributed by atoms with Gasteiger partial charge in [0.25, 0.3) is 0 Å². The van der Waals surface area contributed by atoms with E-state index in [2.05, 4.69) is 10.2 Å². The summed E-state index contributed by atoms with van der Waals surface area (Å²) >= 11 is 7.27. The van der Waals surface area contributed by atoms with E-state index in [1.807, 2.05) is 13.8 Å². The average Bonchev–Trinajstić information content (AvgIpc) is 2.14. The zero-order valence-corrected chi connectivity index (χ0v) is 6.83. The third-order valence-electron chi connectivity index (χ3n) is 0.882. The van der Waals surface area contributed by atoms with E-state index in [-0.39, 0.29) is 5.38 Å². The van der Waals surface area contributed by atoms with E-state index < -0.39 is 0 Å². The fourth-order valence-electron chi connectivity index (χ4n) is 0.473. The molecule has 0 saturated heterocycles. The van der Waals surface area contributed by atoms with E-state index in [1.165, 1.54) is 0 Å². The van der Waals surface area contributed by atoms with Crippen LogP contribution in [0.3, 0.4) is 0 Å². The van der Waals surface area contributed by atoms with Crippen molar-refractivity contribution in [2.45, 2.75) is 19.2 Å². The number of aromatic nitrogens is 2. The van der Waals surface area contributed by atoms with Gasteiger partial charge >= 0.3 is 0 Å². The van der Waals surface area contributed by atoms with Crippen LogP contribution in [0, 0.1) is 6.92 Å². The summed E-state index contributed by atoms with van der Waals surface area (Å²) in [4.78, 5) is 0. The summed E-state index contributed by atoms with van der Waals surface area (Å²) in [7, 11) is 0. The number of hydrogen-bond donors (Lipinski definition) is 0. The molecule has 0 saturated carbocycles. The lowest BCUT2D eigenvalue weighted by molar-refractivity contribution is 0.946. The maximum absolute atomic E-state index is 5.72. The number of rotatable bonds is 1. The van der Waals surface area contributed by atoms with Gasteiger partial charge in [-0.3, -0.25) is 0 Å². The minimum atomic E-state index is -0.00352. The molecule has 0 fully saturated rings. The Labute approximate surface area is 62.9 Å². The second-order valence-corrected chi connectivity index (χ2v) is 3.64. The minimum Gasteiger partial charge on any atom is -0.144 e. The van der Waals surface area contributed by atoms with E-state index in [9.17, 15) is 0 Å². The van der Waals surface area contributed by atoms with Crippen molar-refractivity contribution in [2.75, 3.05) is 0 Å². The molecule has 0 radical (unpaired) electrons. The Hall–Kier alpha value is -0.150. The van der Waals surface area contributed by atoms with Crippen LogP contribution in [0.1, 0.15) is 22.3 Å². The molecule has 0 N–H and O–H groups in total. The second-order valence-electron chi connectivity index (χ2n) is 1.78. The van der Waals surface area contributed by atoms with Gasteiger partial charge in [-0.25, -0.2) is 0 Å². The van der Waals surface area contributed by atoms with Crippen LogP contribution in [-0.4, -0.2) is 10.2 Å². The second kappa shape index (κ2) is 2.62. The molecule has 2 nitrogen and oxygen atoms in total. The molecule has 1 aromatic heterocycles. The van der Waals surface area contributed by atoms with Gasteiger partial charge in [-0.05, 0) is 13.8 Å². The van der Waals surface area contributed by atoms with E-state index >= 15 is 0 Å². The van der Waals surface area contributed by atoms with Gasteiger partial charge in [0.1, 0.15) is 10.0 Å². The molecule has 1 heterocycles. The van der Waals surface area contributed by atoms with Crippen LogP contribution in [-0.2, 0) is 0 Å². The summed E-state index contributed by atoms with van der Waals surface area (Å²) in [5.41, 5.74) is 0. The van der Waals surface area contributed by atoms with E-state index in [4.69, 9.17) is 11.6 Å². The van der Waals surface area contributed by atoms with Crippen molar-refractivity contribution in [2.24, 2.45) is 0 Å². The van der Waals surface area contributed by atoms with Gasteiger partial charge in [-0.1, -0.05) is 0 Å². The zero-order valence-electron chi connectivity index (χ0n) is 5.26. The average molecular weight is 163 g/mol. The van der Waals surface area contributed by atoms with Crippen molar-refractivity contribution in [1.82, 2.24) is 10.2 Å². The smallest absolute Gasteiger partial charge is 0.135 e. The zero-order chi connectivity index (χ0) is 6.85. The molecular formula is C5H7ClN2S. The van der Waals surface area contributed by atoms with E-state index in [0.29, 0.717) is 0 Å². The largest absolute Gasteiger partial charge is 0.144 e. The molecule has 0 amide bonds. The SMILES string of the molecule is Cc1nnc(C(C)Cl)s1. The Kier molecular flexibility index (Phi) is 2.03. The highest BCUT2D eigenvalue weighted by Gasteiger charge is 2.05. The first-order valence-electron chi connectivity index (χ1n) is 2.64. The monoisotopic (exact) mass is 162 g/mol. The molecule has 1 atom stereocenters. The highest BCUT2D eigenvalue weighted by atomic mass is 35.5. The van der Waals surface area contributed by atoms with Crippen LogP contribution >= 0.6 is 22.9 Å². The van der Waals surface area contributed by atoms with Crippen LogP contribution in [0.25, 0.3) is 0 Å². The highest BCUT2D eigenvalue weighted by molar-refractivity contribution is 7.11. The predicted molar refractivity (Wildman–Crippen MR) is 38.9 cm³/mol. The summed E-state index contributed by atoms with van der Waals surface area (Å²) in [5.74, 6) is 0. The molecule has 4 heteroatoms. The molecule has 0 bridgehead atoms. The van der Waals surface area contributed by atoms with Crippen molar-refractivity contribution in [3.63, 3.8) is 0 Å². The normalized spacial score (nSPS) is 13.7. The summed E-state index contributed by atoms with van der Waals surface area (Å²) in [6.45, 7) is 3.81. The lowest BCUT2D eigenvalue weighted by Gasteiger charge is -1.89. The molecule has 0 spiro atoms. The Morgan fingerprint density at radius 1 is 1.56 bits per heavy atom. The molecule has 0 aliphatic carbocycles. The third-order valence-corrected chi connectivity index (χ3v) is 2.24. The van der Waals surface area contributed by atoms with Crippen molar-refractivity contribution >= 4 is 22.9 Å². The molecule has 1 aromatic rings. The summed E-state index contributed by atoms with van der Waals surface area (Å²) in [6, 6.07) is 0. The van der Waals surface area contributed by atoms with Gasteiger partial charge in [0.2, 0.25) is 0 Å². The standard InChI is InChI=1S/C5H7ClN2S/c1-3(6)5-8-7-4(2)9-5/h3H,1-2H3. The summed E-state index contributed by atoms with van der Waals surface area (Å²) in [5, 5.41) is 9.54. The van der Waals surface area contributed by atoms with Crippen LogP contribution in [0.4, 0.5) is 0 Å². The van der Waals surface area contributed by atoms with Crippen molar-refractivity contribution in [3.8, 4) is 0 Å². The number of aryl methyl sites for hydroxylation is 1. The quantitative estimate of drug-likeness (QED) is 0.592. The van der Waals surface area contributed by atoms with Crippen molar-refractivity contribution < 1.29 is 0 Å². The highest BCUT2D eigenvalue weighted by Crippen LogP contribution is 2.21. The van der Waals surface area contributed by atoms with Crippen LogP contribution in [0.15, 0.2) is 0 Å². The molecule has 0 aromatic carbocycles. The number of halogens is 1. The lowest BCUT2D eigenvalue weighted by atomic mass is 10.5. The number of nitrogens with zero attached hydrogens (tertiary/aromatic N) is 2. The molecule has 50 valence electrons. The van der Waals surface area contributed by atoms with Crippen molar-refractivity contribution in [1.29, 1.82) is 0 Å². The van der Waals surface area contributed by atoms with Crippen LogP contribution in [0.2, 0.25) is 0 Å². The lowest BCUT2D eigenvalue weighted by Crippen LogP contribution is -1.80. The molecule has 1 rings (SSSR count). The van der Waals surface area contributed by atoms with Gasteiger partial charge in [0, 0.05) is 0 Å². The Morgan fingerprint density at radius 3 is 2.44 bits per heavy atom. The minimum absolute atomic E-state index is 0.00352. The van der Waals surface area contributed by atoms with Gasteiger partial charge in [-0.2, -0.15) is 0 Å². The third kappa shape index (κ3) is 1.63. The number of alkyl halides is 1. The first-order chi connectivity index (χ1) is 4.20. The maximum atomic E-state index is 5.72. The Balaban J connectivity index is 2.85. The molecule has 0 aliphatic rings. The van der Waals surface area contributed by atoms with E-state index in [1.54, 1.807) is 11.3 Å². The van der Waals surface area contributed by atoms with Crippen LogP contribution < -0.4 is 0 Å². The fraction of sp³-hybridized carbons (Fsp3) is 0.600. The summed E-state index contributed by atoms with van der Waals surface area (Å²) in [6.07, 6.45) is 0. The van der Waals surface area contributed by atoms with Gasteiger partial charge in [0.05, 0.1) is 5.38 Å². The maximum Gasteiger partial charge on any atom is 0.135 e. The summed E-state index contributed by atoms with van der Waals surface area (Å²) < 4.78 is 0. The number of hydrogen-bond acceptors (Lipinski definition) is 3. The fourth-order valence-corrected chi connectivity index (χ4v) is 1.28. The van der Waals surface area contributed by atoms with E-state index in [0.717, 1.165) is 10.0 Å². The molecular weight excluding hydrogens is 156 g/mol. The molecule has 1 unspecified atom stereocenters.